The van der Waals surface area contributed by atoms with Crippen LogP contribution < -0.4 is 0 Å². The Kier molecular flexibility index (Phi) is 9.84. The number of nitrogens with zero attached hydrogens (tertiary/aromatic N) is 5. The molecule has 1 aliphatic heterocycles. The minimum atomic E-state index is -0.988. The lowest BCUT2D eigenvalue weighted by Crippen LogP contribution is -2.49. The number of aromatic carboxylic acids is 2. The minimum Gasteiger partial charge on any atom is -0.477 e. The molecule has 3 aromatic heterocycles. The molecule has 0 radical (unpaired) electrons. The molecule has 1 unspecified atom stereocenters. The summed E-state index contributed by atoms with van der Waals surface area (Å²) in [4.78, 5) is 46.8. The van der Waals surface area contributed by atoms with E-state index in [0.29, 0.717) is 25.2 Å². The van der Waals surface area contributed by atoms with Crippen LogP contribution in [0, 0.1) is 6.92 Å². The van der Waals surface area contributed by atoms with Crippen LogP contribution in [-0.2, 0) is 20.0 Å². The third kappa shape index (κ3) is 6.76. The fourth-order valence-electron chi connectivity index (χ4n) is 7.52. The van der Waals surface area contributed by atoms with Gasteiger partial charge in [0.25, 0.3) is 5.91 Å². The molecule has 262 valence electrons. The highest BCUT2D eigenvalue weighted by Crippen LogP contribution is 2.34. The van der Waals surface area contributed by atoms with Crippen molar-refractivity contribution in [3.8, 4) is 0 Å². The van der Waals surface area contributed by atoms with E-state index >= 15 is 0 Å². The first kappa shape index (κ1) is 34.9. The summed E-state index contributed by atoms with van der Waals surface area (Å²) in [5.41, 5.74) is 8.07. The second-order valence-electron chi connectivity index (χ2n) is 14.1. The molecule has 1 aliphatic rings. The molecule has 0 aliphatic carbocycles. The molecule has 4 heterocycles. The van der Waals surface area contributed by atoms with Crippen molar-refractivity contribution < 1.29 is 24.6 Å². The summed E-state index contributed by atoms with van der Waals surface area (Å²) in [7, 11) is 1.76. The van der Waals surface area contributed by atoms with E-state index < -0.39 is 11.9 Å². The number of hydrogen-bond donors (Lipinski definition) is 2. The van der Waals surface area contributed by atoms with E-state index in [4.69, 9.17) is 0 Å². The lowest BCUT2D eigenvalue weighted by atomic mass is 9.93. The van der Waals surface area contributed by atoms with E-state index in [2.05, 4.69) is 62.7 Å². The highest BCUT2D eigenvalue weighted by atomic mass is 16.4. The first-order chi connectivity index (χ1) is 23.9. The molecule has 2 N–H and O–H groups in total. The number of hydrogen-bond acceptors (Lipinski definition) is 5. The lowest BCUT2D eigenvalue weighted by molar-refractivity contribution is 0.0632. The zero-order valence-corrected chi connectivity index (χ0v) is 29.9. The molecule has 0 bridgehead atoms. The number of rotatable bonds is 11. The summed E-state index contributed by atoms with van der Waals surface area (Å²) >= 11 is 0. The Morgan fingerprint density at radius 1 is 0.840 bits per heavy atom. The number of carboxylic acids is 2. The van der Waals surface area contributed by atoms with Crippen molar-refractivity contribution in [1.82, 2.24) is 23.9 Å². The third-order valence-electron chi connectivity index (χ3n) is 10.3. The number of amides is 1. The summed E-state index contributed by atoms with van der Waals surface area (Å²) in [6, 6.07) is 15.5. The number of fused-ring (bicyclic) bond motifs is 2. The molecule has 0 spiro atoms. The molecule has 1 atom stereocenters. The number of aromatic nitrogens is 3. The average Bonchev–Trinajstić information content (AvgIpc) is 3.63. The van der Waals surface area contributed by atoms with Gasteiger partial charge in [-0.1, -0.05) is 39.3 Å². The van der Waals surface area contributed by atoms with Crippen molar-refractivity contribution in [3.05, 3.63) is 99.6 Å². The molecule has 6 rings (SSSR count). The van der Waals surface area contributed by atoms with Crippen LogP contribution in [0.2, 0.25) is 0 Å². The van der Waals surface area contributed by atoms with E-state index in [-0.39, 0.29) is 29.1 Å². The van der Waals surface area contributed by atoms with Crippen molar-refractivity contribution in [3.63, 3.8) is 0 Å². The quantitative estimate of drug-likeness (QED) is 0.156. The van der Waals surface area contributed by atoms with E-state index in [1.807, 2.05) is 27.7 Å². The van der Waals surface area contributed by atoms with Gasteiger partial charge in [0.15, 0.2) is 0 Å². The van der Waals surface area contributed by atoms with Gasteiger partial charge in [-0.2, -0.15) is 0 Å². The SMILES string of the molecule is CCc1ccnc(Cn2c(C(=O)O)cc3cc(C)cc(C(C)CCN4CCN(C(=O)c5cc(C(C)C)c6c(c5)cc(C(=O)O)n6C)CC4)c32)c1. The standard InChI is InChI=1S/C40H47N5O5/c1-7-27-8-10-41-31(18-27)23-45-35(40(49)50)22-28-16-25(4)17-33(37(28)45)26(5)9-11-43-12-14-44(15-13-43)38(46)30-19-29-21-34(39(47)48)42(6)36(29)32(20-30)24(2)3/h8,10,16-22,24,26H,7,9,11-15,23H2,1-6H3,(H,47,48)(H,49,50). The Morgan fingerprint density at radius 2 is 1.52 bits per heavy atom. The summed E-state index contributed by atoms with van der Waals surface area (Å²) < 4.78 is 3.61. The predicted octanol–water partition coefficient (Wildman–Crippen LogP) is 6.92. The molecule has 5 aromatic rings. The second-order valence-corrected chi connectivity index (χ2v) is 14.1. The topological polar surface area (TPSA) is 121 Å². The van der Waals surface area contributed by atoms with Crippen molar-refractivity contribution >= 4 is 39.7 Å². The lowest BCUT2D eigenvalue weighted by Gasteiger charge is -2.35. The number of benzene rings is 2. The predicted molar refractivity (Wildman–Crippen MR) is 196 cm³/mol. The van der Waals surface area contributed by atoms with Crippen molar-refractivity contribution in [2.75, 3.05) is 32.7 Å². The molecule has 10 nitrogen and oxygen atoms in total. The fourth-order valence-corrected chi connectivity index (χ4v) is 7.52. The molecule has 0 saturated carbocycles. The Bertz CT molecular complexity index is 2100. The summed E-state index contributed by atoms with van der Waals surface area (Å²) in [5, 5.41) is 21.5. The Balaban J connectivity index is 1.16. The maximum atomic E-state index is 13.7. The fraction of sp³-hybridized carbons (Fsp3) is 0.400. The molecule has 1 saturated heterocycles. The van der Waals surface area contributed by atoms with Gasteiger partial charge in [-0.25, -0.2) is 9.59 Å². The molecule has 2 aromatic carbocycles. The summed E-state index contributed by atoms with van der Waals surface area (Å²) in [6.45, 7) is 14.5. The zero-order valence-electron chi connectivity index (χ0n) is 29.9. The van der Waals surface area contributed by atoms with Crippen LogP contribution in [0.4, 0.5) is 0 Å². The molecule has 10 heteroatoms. The van der Waals surface area contributed by atoms with Gasteiger partial charge in [0.05, 0.1) is 23.3 Å². The zero-order chi connectivity index (χ0) is 35.9. The van der Waals surface area contributed by atoms with E-state index in [1.165, 1.54) is 5.56 Å². The number of carbonyl (C=O) groups excluding carboxylic acids is 1. The van der Waals surface area contributed by atoms with Crippen molar-refractivity contribution in [1.29, 1.82) is 0 Å². The van der Waals surface area contributed by atoms with Gasteiger partial charge in [-0.3, -0.25) is 14.7 Å². The largest absolute Gasteiger partial charge is 0.477 e. The Morgan fingerprint density at radius 3 is 2.18 bits per heavy atom. The van der Waals surface area contributed by atoms with Crippen LogP contribution in [-0.4, -0.2) is 84.7 Å². The van der Waals surface area contributed by atoms with E-state index in [1.54, 1.807) is 29.9 Å². The smallest absolute Gasteiger partial charge is 0.352 e. The summed E-state index contributed by atoms with van der Waals surface area (Å²) in [6.07, 6.45) is 3.57. The van der Waals surface area contributed by atoms with Crippen LogP contribution in [0.15, 0.2) is 54.7 Å². The molecule has 1 amide bonds. The van der Waals surface area contributed by atoms with Crippen molar-refractivity contribution in [2.24, 2.45) is 7.05 Å². The van der Waals surface area contributed by atoms with Crippen molar-refractivity contribution in [2.45, 2.75) is 65.8 Å². The number of carboxylic acid groups (broad SMARTS) is 2. The van der Waals surface area contributed by atoms with Gasteiger partial charge in [0.1, 0.15) is 11.4 Å². The third-order valence-corrected chi connectivity index (χ3v) is 10.3. The molecule has 50 heavy (non-hydrogen) atoms. The number of piperazine rings is 1. The highest BCUT2D eigenvalue weighted by molar-refractivity contribution is 6.02. The van der Waals surface area contributed by atoms with Gasteiger partial charge >= 0.3 is 11.9 Å². The monoisotopic (exact) mass is 677 g/mol. The highest BCUT2D eigenvalue weighted by Gasteiger charge is 2.26. The average molecular weight is 678 g/mol. The first-order valence-corrected chi connectivity index (χ1v) is 17.5. The van der Waals surface area contributed by atoms with Gasteiger partial charge in [-0.05, 0) is 97.3 Å². The minimum absolute atomic E-state index is 0.0290. The maximum absolute atomic E-state index is 13.7. The Labute approximate surface area is 292 Å². The molecular formula is C40H47N5O5. The van der Waals surface area contributed by atoms with Crippen LogP contribution in [0.25, 0.3) is 21.8 Å². The first-order valence-electron chi connectivity index (χ1n) is 17.5. The number of pyridine rings is 1. The summed E-state index contributed by atoms with van der Waals surface area (Å²) in [5.74, 6) is -1.68. The van der Waals surface area contributed by atoms with Gasteiger partial charge in [0.2, 0.25) is 0 Å². The number of aryl methyl sites for hydroxylation is 3. The van der Waals surface area contributed by atoms with Gasteiger partial charge in [0, 0.05) is 55.8 Å². The van der Waals surface area contributed by atoms with Gasteiger partial charge < -0.3 is 24.2 Å². The van der Waals surface area contributed by atoms with Crippen LogP contribution in [0.3, 0.4) is 0 Å². The van der Waals surface area contributed by atoms with E-state index in [0.717, 1.165) is 76.7 Å². The Hall–Kier alpha value is -4.96. The second kappa shape index (κ2) is 14.1. The molecule has 1 fully saturated rings. The molecular weight excluding hydrogens is 630 g/mol. The van der Waals surface area contributed by atoms with Crippen LogP contribution in [0.5, 0.6) is 0 Å². The normalized spacial score (nSPS) is 14.6. The van der Waals surface area contributed by atoms with Gasteiger partial charge in [-0.15, -0.1) is 0 Å². The maximum Gasteiger partial charge on any atom is 0.352 e. The van der Waals surface area contributed by atoms with E-state index in [9.17, 15) is 24.6 Å². The van der Waals surface area contributed by atoms with Crippen LogP contribution in [0.1, 0.15) is 105 Å². The van der Waals surface area contributed by atoms with Crippen LogP contribution >= 0.6 is 0 Å². The number of carbonyl (C=O) groups is 3.